The van der Waals surface area contributed by atoms with E-state index in [4.69, 9.17) is 4.74 Å². The van der Waals surface area contributed by atoms with Gasteiger partial charge in [0.2, 0.25) is 0 Å². The van der Waals surface area contributed by atoms with E-state index in [1.807, 2.05) is 0 Å². The van der Waals surface area contributed by atoms with Crippen molar-refractivity contribution in [2.45, 2.75) is 33.2 Å². The molecule has 0 spiro atoms. The molecule has 0 aromatic carbocycles. The van der Waals surface area contributed by atoms with E-state index in [0.29, 0.717) is 0 Å². The van der Waals surface area contributed by atoms with E-state index >= 15 is 0 Å². The molecule has 1 saturated heterocycles. The van der Waals surface area contributed by atoms with Crippen molar-refractivity contribution < 1.29 is 9.53 Å². The van der Waals surface area contributed by atoms with E-state index in [9.17, 15) is 4.79 Å². The normalized spacial score (nSPS) is 23.8. The summed E-state index contributed by atoms with van der Waals surface area (Å²) >= 11 is 0. The summed E-state index contributed by atoms with van der Waals surface area (Å²) in [6.45, 7) is 8.53. The number of hydrogen-bond acceptors (Lipinski definition) is 3. The van der Waals surface area contributed by atoms with Crippen molar-refractivity contribution >= 4 is 5.97 Å². The zero-order chi connectivity index (χ0) is 10.1. The predicted molar refractivity (Wildman–Crippen MR) is 51.4 cm³/mol. The van der Waals surface area contributed by atoms with Gasteiger partial charge in [0.1, 0.15) is 6.04 Å². The van der Waals surface area contributed by atoms with Gasteiger partial charge in [0.25, 0.3) is 0 Å². The number of hydrogen-bond donors (Lipinski definition) is 0. The average Bonchev–Trinajstić information content (AvgIpc) is 1.96. The van der Waals surface area contributed by atoms with Gasteiger partial charge in [-0.1, -0.05) is 20.8 Å². The van der Waals surface area contributed by atoms with Crippen molar-refractivity contribution in [3.05, 3.63) is 0 Å². The third-order valence-corrected chi connectivity index (χ3v) is 2.28. The number of carbonyl (C=O) groups is 1. The molecule has 1 fully saturated rings. The molecule has 3 heteroatoms. The van der Waals surface area contributed by atoms with Crippen LogP contribution in [0.15, 0.2) is 0 Å². The van der Waals surface area contributed by atoms with Crippen LogP contribution in [0.25, 0.3) is 0 Å². The van der Waals surface area contributed by atoms with Crippen LogP contribution in [0, 0.1) is 5.41 Å². The molecule has 0 aromatic heterocycles. The molecule has 0 amide bonds. The molecule has 1 unspecified atom stereocenters. The zero-order valence-corrected chi connectivity index (χ0v) is 8.96. The van der Waals surface area contributed by atoms with Crippen molar-refractivity contribution in [3.8, 4) is 0 Å². The fraction of sp³-hybridized carbons (Fsp3) is 0.900. The molecule has 1 rings (SSSR count). The van der Waals surface area contributed by atoms with Crippen LogP contribution in [0.4, 0.5) is 0 Å². The van der Waals surface area contributed by atoms with Crippen LogP contribution in [0.2, 0.25) is 0 Å². The molecular weight excluding hydrogens is 166 g/mol. The molecule has 0 radical (unpaired) electrons. The molecule has 0 aromatic rings. The minimum Gasteiger partial charge on any atom is -0.468 e. The zero-order valence-electron chi connectivity index (χ0n) is 8.96. The maximum atomic E-state index is 11.2. The number of methoxy groups -OCH3 is 1. The average molecular weight is 185 g/mol. The van der Waals surface area contributed by atoms with E-state index in [1.165, 1.54) is 7.11 Å². The van der Waals surface area contributed by atoms with Crippen LogP contribution < -0.4 is 0 Å². The first kappa shape index (κ1) is 10.5. The van der Waals surface area contributed by atoms with Gasteiger partial charge in [-0.05, 0) is 11.8 Å². The maximum absolute atomic E-state index is 11.2. The van der Waals surface area contributed by atoms with Gasteiger partial charge in [0, 0.05) is 13.1 Å². The Balaban J connectivity index is 2.41. The minimum atomic E-state index is -0.0875. The summed E-state index contributed by atoms with van der Waals surface area (Å²) in [5.41, 5.74) is 0.257. The van der Waals surface area contributed by atoms with Crippen molar-refractivity contribution in [3.63, 3.8) is 0 Å². The fourth-order valence-electron chi connectivity index (χ4n) is 1.64. The second-order valence-electron chi connectivity index (χ2n) is 4.86. The molecule has 3 nitrogen and oxygen atoms in total. The number of nitrogens with zero attached hydrogens (tertiary/aromatic N) is 1. The first-order valence-corrected chi connectivity index (χ1v) is 4.76. The predicted octanol–water partition coefficient (Wildman–Crippen LogP) is 1.28. The molecule has 0 aliphatic carbocycles. The summed E-state index contributed by atoms with van der Waals surface area (Å²) < 4.78 is 4.72. The molecule has 0 bridgehead atoms. The van der Waals surface area contributed by atoms with Crippen molar-refractivity contribution in [1.29, 1.82) is 0 Å². The monoisotopic (exact) mass is 185 g/mol. The molecule has 1 atom stereocenters. The van der Waals surface area contributed by atoms with Crippen molar-refractivity contribution in [2.75, 3.05) is 20.2 Å². The van der Waals surface area contributed by atoms with Gasteiger partial charge in [-0.15, -0.1) is 0 Å². The van der Waals surface area contributed by atoms with E-state index in [0.717, 1.165) is 19.5 Å². The molecule has 0 saturated carbocycles. The number of carbonyl (C=O) groups excluding carboxylic acids is 1. The Morgan fingerprint density at radius 2 is 2.15 bits per heavy atom. The summed E-state index contributed by atoms with van der Waals surface area (Å²) in [6, 6.07) is 0.0178. The van der Waals surface area contributed by atoms with Gasteiger partial charge in [0.15, 0.2) is 0 Å². The Kier molecular flexibility index (Phi) is 2.96. The quantitative estimate of drug-likeness (QED) is 0.607. The highest BCUT2D eigenvalue weighted by Crippen LogP contribution is 2.24. The Morgan fingerprint density at radius 3 is 2.46 bits per heavy atom. The number of rotatable bonds is 2. The largest absolute Gasteiger partial charge is 0.468 e. The van der Waals surface area contributed by atoms with E-state index in [2.05, 4.69) is 25.7 Å². The smallest absolute Gasteiger partial charge is 0.323 e. The summed E-state index contributed by atoms with van der Waals surface area (Å²) in [6.07, 6.45) is 0.947. The van der Waals surface area contributed by atoms with Gasteiger partial charge in [-0.3, -0.25) is 9.69 Å². The van der Waals surface area contributed by atoms with Crippen molar-refractivity contribution in [2.24, 2.45) is 5.41 Å². The van der Waals surface area contributed by atoms with Crippen LogP contribution in [0.3, 0.4) is 0 Å². The highest BCUT2D eigenvalue weighted by Gasteiger charge is 2.36. The van der Waals surface area contributed by atoms with Crippen LogP contribution >= 0.6 is 0 Å². The standard InChI is InChI=1S/C10H19NO2/c1-10(2,3)7-11-6-5-8(11)9(12)13-4/h8H,5-7H2,1-4H3. The Labute approximate surface area is 80.1 Å². The summed E-state index contributed by atoms with van der Waals surface area (Å²) in [5, 5.41) is 0. The summed E-state index contributed by atoms with van der Waals surface area (Å²) in [7, 11) is 1.45. The number of likely N-dealkylation sites (tertiary alicyclic amines) is 1. The SMILES string of the molecule is COC(=O)C1CCN1CC(C)(C)C. The summed E-state index contributed by atoms with van der Waals surface area (Å²) in [5.74, 6) is -0.0875. The summed E-state index contributed by atoms with van der Waals surface area (Å²) in [4.78, 5) is 13.4. The van der Waals surface area contributed by atoms with Crippen LogP contribution in [0.5, 0.6) is 0 Å². The van der Waals surface area contributed by atoms with E-state index < -0.39 is 0 Å². The Bertz CT molecular complexity index is 196. The Morgan fingerprint density at radius 1 is 1.54 bits per heavy atom. The maximum Gasteiger partial charge on any atom is 0.323 e. The van der Waals surface area contributed by atoms with Gasteiger partial charge in [-0.2, -0.15) is 0 Å². The topological polar surface area (TPSA) is 29.5 Å². The third kappa shape index (κ3) is 2.69. The first-order chi connectivity index (χ1) is 5.94. The van der Waals surface area contributed by atoms with Crippen LogP contribution in [-0.2, 0) is 9.53 Å². The molecule has 1 aliphatic rings. The molecule has 1 aliphatic heterocycles. The number of esters is 1. The minimum absolute atomic E-state index is 0.0178. The molecular formula is C10H19NO2. The lowest BCUT2D eigenvalue weighted by molar-refractivity contribution is -0.152. The van der Waals surface area contributed by atoms with Crippen LogP contribution in [0.1, 0.15) is 27.2 Å². The Hall–Kier alpha value is -0.570. The third-order valence-electron chi connectivity index (χ3n) is 2.28. The molecule has 0 N–H and O–H groups in total. The van der Waals surface area contributed by atoms with Gasteiger partial charge in [0.05, 0.1) is 7.11 Å². The first-order valence-electron chi connectivity index (χ1n) is 4.76. The molecule has 13 heavy (non-hydrogen) atoms. The van der Waals surface area contributed by atoms with Gasteiger partial charge in [-0.25, -0.2) is 0 Å². The second-order valence-corrected chi connectivity index (χ2v) is 4.86. The molecule has 76 valence electrons. The molecule has 1 heterocycles. The van der Waals surface area contributed by atoms with Gasteiger partial charge < -0.3 is 4.74 Å². The number of ether oxygens (including phenoxy) is 1. The second kappa shape index (κ2) is 3.66. The van der Waals surface area contributed by atoms with E-state index in [1.54, 1.807) is 0 Å². The lowest BCUT2D eigenvalue weighted by Gasteiger charge is -2.42. The van der Waals surface area contributed by atoms with Crippen molar-refractivity contribution in [1.82, 2.24) is 4.90 Å². The lowest BCUT2D eigenvalue weighted by Crippen LogP contribution is -2.55. The highest BCUT2D eigenvalue weighted by molar-refractivity contribution is 5.76. The van der Waals surface area contributed by atoms with Gasteiger partial charge >= 0.3 is 5.97 Å². The lowest BCUT2D eigenvalue weighted by atomic mass is 9.92. The highest BCUT2D eigenvalue weighted by atomic mass is 16.5. The van der Waals surface area contributed by atoms with E-state index in [-0.39, 0.29) is 17.4 Å². The van der Waals surface area contributed by atoms with Crippen LogP contribution in [-0.4, -0.2) is 37.1 Å². The fourth-order valence-corrected chi connectivity index (χ4v) is 1.64.